The molecule has 3 nitrogen and oxygen atoms in total. The van der Waals surface area contributed by atoms with E-state index in [1.807, 2.05) is 0 Å². The number of carboxylic acids is 1. The minimum atomic E-state index is -1.35. The van der Waals surface area contributed by atoms with E-state index >= 15 is 0 Å². The summed E-state index contributed by atoms with van der Waals surface area (Å²) >= 11 is 0. The van der Waals surface area contributed by atoms with Crippen LogP contribution in [-0.2, 0) is 4.79 Å². The van der Waals surface area contributed by atoms with Gasteiger partial charge in [0.1, 0.15) is 0 Å². The van der Waals surface area contributed by atoms with Crippen molar-refractivity contribution in [3.05, 3.63) is 12.2 Å². The van der Waals surface area contributed by atoms with Crippen LogP contribution >= 0.6 is 0 Å². The monoisotopic (exact) mass is 96.0 g/mol. The quantitative estimate of drug-likeness (QED) is 0.304. The molecule has 0 aromatic heterocycles. The van der Waals surface area contributed by atoms with Gasteiger partial charge in [-0.1, -0.05) is 0 Å². The predicted octanol–water partition coefficient (Wildman–Crippen LogP) is -1.18. The van der Waals surface area contributed by atoms with Crippen LogP contribution in [-0.4, -0.2) is 5.97 Å². The van der Waals surface area contributed by atoms with Gasteiger partial charge in [0.05, 0.1) is 12.0 Å². The van der Waals surface area contributed by atoms with Gasteiger partial charge in [0.15, 0.2) is 0 Å². The first kappa shape index (κ1) is 5.70. The molecule has 0 N–H and O–H groups in total. The van der Waals surface area contributed by atoms with Crippen molar-refractivity contribution in [1.82, 2.24) is 0 Å². The molecule has 0 bridgehead atoms. The molecule has 0 aliphatic carbocycles. The molecule has 0 aromatic rings. The van der Waals surface area contributed by atoms with Gasteiger partial charge in [-0.3, -0.25) is 0 Å². The molecule has 0 rings (SSSR count). The van der Waals surface area contributed by atoms with E-state index in [1.54, 1.807) is 0 Å². The fraction of sp³-hybridized carbons (Fsp3) is 0. The summed E-state index contributed by atoms with van der Waals surface area (Å²) in [4.78, 5) is 9.41. The highest BCUT2D eigenvalue weighted by molar-refractivity contribution is 5.78. The molecule has 0 saturated carbocycles. The number of hydrogen-bond donors (Lipinski definition) is 0. The predicted molar refractivity (Wildman–Crippen MR) is 19.8 cm³/mol. The molecule has 7 heavy (non-hydrogen) atoms. The summed E-state index contributed by atoms with van der Waals surface area (Å²) in [6.07, 6.45) is 1.51. The van der Waals surface area contributed by atoms with Gasteiger partial charge < -0.3 is 9.90 Å². The van der Waals surface area contributed by atoms with Crippen LogP contribution in [0.2, 0.25) is 0 Å². The second-order valence-electron chi connectivity index (χ2n) is 0.781. The van der Waals surface area contributed by atoms with E-state index in [1.165, 1.54) is 6.07 Å². The van der Waals surface area contributed by atoms with Crippen molar-refractivity contribution in [2.24, 2.45) is 0 Å². The highest BCUT2D eigenvalue weighted by Crippen LogP contribution is 1.62. The lowest BCUT2D eigenvalue weighted by atomic mass is 10.5. The summed E-state index contributed by atoms with van der Waals surface area (Å²) in [7, 11) is 0. The third-order valence-corrected chi connectivity index (χ3v) is 0.294. The molecule has 3 heteroatoms. The molecule has 0 heterocycles. The average molecular weight is 96.1 g/mol. The van der Waals surface area contributed by atoms with E-state index in [2.05, 4.69) is 0 Å². The van der Waals surface area contributed by atoms with Gasteiger partial charge >= 0.3 is 0 Å². The van der Waals surface area contributed by atoms with Crippen LogP contribution in [0.25, 0.3) is 0 Å². The first-order valence-corrected chi connectivity index (χ1v) is 1.54. The zero-order valence-electron chi connectivity index (χ0n) is 3.42. The Labute approximate surface area is 40.5 Å². The lowest BCUT2D eigenvalue weighted by molar-refractivity contribution is -0.297. The van der Waals surface area contributed by atoms with Crippen LogP contribution in [0, 0.1) is 11.3 Å². The first-order chi connectivity index (χ1) is 3.27. The molecule has 0 aliphatic heterocycles. The standard InChI is InChI=1S/C4H3NO2/c5-3-1-2-4(6)7/h1-2H,(H,6,7)/p-1/b2-1+. The zero-order valence-corrected chi connectivity index (χ0v) is 3.42. The van der Waals surface area contributed by atoms with Crippen LogP contribution in [0.15, 0.2) is 12.2 Å². The molecule has 0 aromatic carbocycles. The van der Waals surface area contributed by atoms with Crippen LogP contribution in [0.3, 0.4) is 0 Å². The molecule has 0 fully saturated rings. The first-order valence-electron chi connectivity index (χ1n) is 1.54. The fourth-order valence-corrected chi connectivity index (χ4v) is 0.105. The Morgan fingerprint density at radius 2 is 2.43 bits per heavy atom. The highest BCUT2D eigenvalue weighted by Gasteiger charge is 1.65. The Balaban J connectivity index is 3.53. The van der Waals surface area contributed by atoms with E-state index in [0.717, 1.165) is 6.08 Å². The molecule has 0 unspecified atom stereocenters. The Morgan fingerprint density at radius 1 is 1.86 bits per heavy atom. The van der Waals surface area contributed by atoms with E-state index in [-0.39, 0.29) is 0 Å². The second-order valence-corrected chi connectivity index (χ2v) is 0.781. The van der Waals surface area contributed by atoms with Crippen LogP contribution < -0.4 is 5.11 Å². The summed E-state index contributed by atoms with van der Waals surface area (Å²) in [6, 6.07) is 1.50. The maximum atomic E-state index is 9.41. The van der Waals surface area contributed by atoms with E-state index in [9.17, 15) is 9.90 Å². The molecule has 0 aliphatic rings. The van der Waals surface area contributed by atoms with E-state index < -0.39 is 5.97 Å². The number of carboxylic acid groups (broad SMARTS) is 1. The molecule has 0 spiro atoms. The minimum absolute atomic E-state index is 0.667. The van der Waals surface area contributed by atoms with Crippen LogP contribution in [0.5, 0.6) is 0 Å². The lowest BCUT2D eigenvalue weighted by Gasteiger charge is -1.82. The van der Waals surface area contributed by atoms with Crippen molar-refractivity contribution >= 4 is 5.97 Å². The van der Waals surface area contributed by atoms with Gasteiger partial charge in [0.25, 0.3) is 0 Å². The Bertz CT molecular complexity index is 131. The molecule has 0 amide bonds. The third-order valence-electron chi connectivity index (χ3n) is 0.294. The van der Waals surface area contributed by atoms with E-state index in [4.69, 9.17) is 5.26 Å². The Kier molecular flexibility index (Phi) is 2.37. The lowest BCUT2D eigenvalue weighted by Crippen LogP contribution is -2.18. The third kappa shape index (κ3) is 4.70. The number of nitrogens with zero attached hydrogens (tertiary/aromatic N) is 1. The van der Waals surface area contributed by atoms with Crippen molar-refractivity contribution in [2.75, 3.05) is 0 Å². The number of carbonyl (C=O) groups excluding carboxylic acids is 1. The number of nitriles is 1. The fourth-order valence-electron chi connectivity index (χ4n) is 0.105. The van der Waals surface area contributed by atoms with Gasteiger partial charge in [-0.15, -0.1) is 0 Å². The van der Waals surface area contributed by atoms with Gasteiger partial charge in [-0.05, 0) is 6.08 Å². The number of aliphatic carboxylic acids is 1. The molecule has 0 saturated heterocycles. The van der Waals surface area contributed by atoms with Crippen molar-refractivity contribution in [2.45, 2.75) is 0 Å². The van der Waals surface area contributed by atoms with Crippen molar-refractivity contribution in [1.29, 1.82) is 5.26 Å². The molecule has 36 valence electrons. The summed E-state index contributed by atoms with van der Waals surface area (Å²) in [6.45, 7) is 0. The zero-order chi connectivity index (χ0) is 5.70. The number of rotatable bonds is 1. The van der Waals surface area contributed by atoms with Gasteiger partial charge in [0, 0.05) is 6.08 Å². The SMILES string of the molecule is N#C/C=C/C(=O)[O-]. The minimum Gasteiger partial charge on any atom is -0.545 e. The highest BCUT2D eigenvalue weighted by atomic mass is 16.4. The van der Waals surface area contributed by atoms with Crippen molar-refractivity contribution in [3.63, 3.8) is 0 Å². The molecular formula is C4H2NO2-. The Hall–Kier alpha value is -1.30. The molecule has 0 radical (unpaired) electrons. The van der Waals surface area contributed by atoms with E-state index in [0.29, 0.717) is 6.08 Å². The largest absolute Gasteiger partial charge is 0.545 e. The number of allylic oxidation sites excluding steroid dienone is 1. The topological polar surface area (TPSA) is 63.9 Å². The van der Waals surface area contributed by atoms with Gasteiger partial charge in [0.2, 0.25) is 0 Å². The van der Waals surface area contributed by atoms with Crippen LogP contribution in [0.1, 0.15) is 0 Å². The summed E-state index contributed by atoms with van der Waals surface area (Å²) in [5.41, 5.74) is 0. The molecular weight excluding hydrogens is 94.0 g/mol. The maximum Gasteiger partial charge on any atom is 0.0912 e. The molecule has 0 atom stereocenters. The average Bonchev–Trinajstić information content (AvgIpc) is 1.61. The van der Waals surface area contributed by atoms with Crippen molar-refractivity contribution < 1.29 is 9.90 Å². The Morgan fingerprint density at radius 3 is 2.57 bits per heavy atom. The normalized spacial score (nSPS) is 8.43. The van der Waals surface area contributed by atoms with Gasteiger partial charge in [-0.2, -0.15) is 5.26 Å². The van der Waals surface area contributed by atoms with Crippen molar-refractivity contribution in [3.8, 4) is 6.07 Å². The summed E-state index contributed by atoms with van der Waals surface area (Å²) in [5, 5.41) is 17.1. The smallest absolute Gasteiger partial charge is 0.0912 e. The van der Waals surface area contributed by atoms with Crippen LogP contribution in [0.4, 0.5) is 0 Å². The summed E-state index contributed by atoms with van der Waals surface area (Å²) < 4.78 is 0. The second kappa shape index (κ2) is 2.91. The number of hydrogen-bond acceptors (Lipinski definition) is 3. The summed E-state index contributed by atoms with van der Waals surface area (Å²) in [5.74, 6) is -1.35. The van der Waals surface area contributed by atoms with Gasteiger partial charge in [-0.25, -0.2) is 0 Å². The maximum absolute atomic E-state index is 9.41. The number of carbonyl (C=O) groups is 1.